The van der Waals surface area contributed by atoms with Gasteiger partial charge in [-0.2, -0.15) is 0 Å². The average Bonchev–Trinajstić information content (AvgIpc) is 3.64. The maximum Gasteiger partial charge on any atom is 0.331 e. The van der Waals surface area contributed by atoms with Crippen molar-refractivity contribution >= 4 is 11.9 Å². The quantitative estimate of drug-likeness (QED) is 0.263. The van der Waals surface area contributed by atoms with Gasteiger partial charge in [0.2, 0.25) is 0 Å². The molecule has 8 rings (SSSR count). The van der Waals surface area contributed by atoms with Crippen molar-refractivity contribution in [1.29, 1.82) is 0 Å². The van der Waals surface area contributed by atoms with Gasteiger partial charge >= 0.3 is 11.9 Å². The van der Waals surface area contributed by atoms with Crippen LogP contribution in [0.15, 0.2) is 47.6 Å². The summed E-state index contributed by atoms with van der Waals surface area (Å²) in [5.74, 6) is -1.04. The highest BCUT2D eigenvalue weighted by atomic mass is 16.7. The number of carbonyl (C=O) groups is 2. The molecule has 39 heavy (non-hydrogen) atoms. The molecule has 0 aromatic rings. The first-order valence-electron chi connectivity index (χ1n) is 13.7. The van der Waals surface area contributed by atoms with Crippen LogP contribution in [0.1, 0.15) is 39.5 Å². The van der Waals surface area contributed by atoms with Crippen molar-refractivity contribution < 1.29 is 48.2 Å². The first-order chi connectivity index (χ1) is 18.6. The Bertz CT molecular complexity index is 1210. The molecule has 2 N–H and O–H groups in total. The van der Waals surface area contributed by atoms with Crippen LogP contribution < -0.4 is 0 Å². The molecule has 10 heteroatoms. The van der Waals surface area contributed by atoms with Gasteiger partial charge in [-0.15, -0.1) is 0 Å². The van der Waals surface area contributed by atoms with Crippen molar-refractivity contribution in [2.24, 2.45) is 10.8 Å². The summed E-state index contributed by atoms with van der Waals surface area (Å²) in [7, 11) is 0. The van der Waals surface area contributed by atoms with E-state index in [9.17, 15) is 19.8 Å². The van der Waals surface area contributed by atoms with Crippen LogP contribution in [0.4, 0.5) is 0 Å². The molecule has 1 saturated carbocycles. The Morgan fingerprint density at radius 3 is 2.62 bits per heavy atom. The fourth-order valence-corrected chi connectivity index (χ4v) is 8.08. The van der Waals surface area contributed by atoms with Gasteiger partial charge in [0.25, 0.3) is 0 Å². The number of esters is 2. The molecule has 0 radical (unpaired) electrons. The normalized spacial score (nSPS) is 53.4. The van der Waals surface area contributed by atoms with E-state index < -0.39 is 58.6 Å². The number of carbonyl (C=O) groups excluding carboxylic acids is 2. The fraction of sp³-hybridized carbons (Fsp3) is 0.655. The molecule has 6 heterocycles. The van der Waals surface area contributed by atoms with Crippen molar-refractivity contribution in [3.63, 3.8) is 0 Å². The van der Waals surface area contributed by atoms with Gasteiger partial charge in [0.1, 0.15) is 30.0 Å². The average molecular weight is 543 g/mol. The van der Waals surface area contributed by atoms with E-state index in [1.165, 1.54) is 23.8 Å². The van der Waals surface area contributed by atoms with Gasteiger partial charge < -0.3 is 38.6 Å². The number of epoxide rings is 1. The number of hydrogen-bond acceptors (Lipinski definition) is 10. The Labute approximate surface area is 226 Å². The molecule has 0 aromatic carbocycles. The van der Waals surface area contributed by atoms with Gasteiger partial charge in [0.15, 0.2) is 6.29 Å². The van der Waals surface area contributed by atoms with E-state index >= 15 is 0 Å². The molecule has 3 spiro atoms. The van der Waals surface area contributed by atoms with E-state index in [1.54, 1.807) is 12.2 Å². The van der Waals surface area contributed by atoms with Crippen LogP contribution in [0.25, 0.3) is 0 Å². The molecular weight excluding hydrogens is 508 g/mol. The molecule has 0 unspecified atom stereocenters. The second kappa shape index (κ2) is 8.58. The van der Waals surface area contributed by atoms with Crippen molar-refractivity contribution in [3.8, 4) is 0 Å². The van der Waals surface area contributed by atoms with E-state index in [-0.39, 0.29) is 31.8 Å². The minimum Gasteiger partial charge on any atom is -0.462 e. The largest absolute Gasteiger partial charge is 0.462 e. The molecule has 10 nitrogen and oxygen atoms in total. The summed E-state index contributed by atoms with van der Waals surface area (Å²) in [6.07, 6.45) is 7.25. The topological polar surface area (TPSA) is 133 Å². The van der Waals surface area contributed by atoms with Crippen molar-refractivity contribution in [3.05, 3.63) is 47.6 Å². The van der Waals surface area contributed by atoms with Crippen LogP contribution in [0.2, 0.25) is 0 Å². The highest BCUT2D eigenvalue weighted by Crippen LogP contribution is 2.72. The predicted molar refractivity (Wildman–Crippen MR) is 133 cm³/mol. The van der Waals surface area contributed by atoms with E-state index in [1.807, 2.05) is 0 Å². The molecule has 4 saturated heterocycles. The molecule has 10 atom stereocenters. The summed E-state index contributed by atoms with van der Waals surface area (Å²) in [6.45, 7) is 4.81. The number of ether oxygens (including phenoxy) is 6. The number of aliphatic hydroxyl groups is 2. The number of allylic oxidation sites excluding steroid dienone is 3. The van der Waals surface area contributed by atoms with Crippen LogP contribution in [-0.2, 0) is 38.0 Å². The third kappa shape index (κ3) is 3.42. The summed E-state index contributed by atoms with van der Waals surface area (Å²) >= 11 is 0. The summed E-state index contributed by atoms with van der Waals surface area (Å²) < 4.78 is 36.4. The molecular formula is C29H34O10. The summed E-state index contributed by atoms with van der Waals surface area (Å²) in [6, 6.07) is 0. The first kappa shape index (κ1) is 25.6. The van der Waals surface area contributed by atoms with Gasteiger partial charge in [0, 0.05) is 30.4 Å². The molecule has 0 aromatic heterocycles. The lowest BCUT2D eigenvalue weighted by atomic mass is 9.51. The Morgan fingerprint density at radius 2 is 1.82 bits per heavy atom. The molecule has 210 valence electrons. The van der Waals surface area contributed by atoms with Gasteiger partial charge in [-0.1, -0.05) is 30.7 Å². The van der Waals surface area contributed by atoms with Gasteiger partial charge in [-0.05, 0) is 31.4 Å². The monoisotopic (exact) mass is 542 g/mol. The Kier molecular flexibility index (Phi) is 5.64. The van der Waals surface area contributed by atoms with E-state index in [2.05, 4.69) is 19.9 Å². The lowest BCUT2D eigenvalue weighted by Gasteiger charge is -2.58. The third-order valence-electron chi connectivity index (χ3n) is 10.5. The maximum atomic E-state index is 13.2. The minimum atomic E-state index is -1.45. The Balaban J connectivity index is 1.29. The Hall–Kier alpha value is -2.34. The fourth-order valence-electron chi connectivity index (χ4n) is 8.08. The van der Waals surface area contributed by atoms with Gasteiger partial charge in [-0.3, -0.25) is 0 Å². The predicted octanol–water partition coefficient (Wildman–Crippen LogP) is 1.40. The molecule has 0 amide bonds. The second-order valence-electron chi connectivity index (χ2n) is 12.2. The summed E-state index contributed by atoms with van der Waals surface area (Å²) in [5.41, 5.74) is -1.37. The van der Waals surface area contributed by atoms with Gasteiger partial charge in [0.05, 0.1) is 36.9 Å². The standard InChI is InChI=1S/C29H34O10/c1-16-6-8-27-14-34-23(31)11-17-10-20-28(35-13-17,24(32)25(33)39-20)7-4-3-5-22(30)38-18-12-21(37-19(27)9-16)29(15-36-29)26(18,27)2/h3-5,7,9,11,18-21,24-25,32-33H,6,8,10,12-15H2,1-2H3/b5-3-,7-4+,17-11-/t18-,19-,20+,21-,24+,25+,26-,27-,28-,29+/m1/s1. The molecule has 5 fully saturated rings. The number of fused-ring (bicyclic) bond motifs is 7. The minimum absolute atomic E-state index is 0.0477. The zero-order chi connectivity index (χ0) is 27.2. The lowest BCUT2D eigenvalue weighted by molar-refractivity contribution is -0.232. The summed E-state index contributed by atoms with van der Waals surface area (Å²) in [4.78, 5) is 26.2. The van der Waals surface area contributed by atoms with Crippen molar-refractivity contribution in [2.75, 3.05) is 19.8 Å². The van der Waals surface area contributed by atoms with Gasteiger partial charge in [-0.25, -0.2) is 9.59 Å². The SMILES string of the molecule is CC1=C[C@H]2O[C@@H]3C[C@H]4OC(=O)/C=C\C=C\[C@@]56OC/C(=C\C(=O)OC[C@@]2(CC1)[C@]4(C)[C@]31CO1)C[C@@H]5O[C@H](O)[C@@H]6O. The second-order valence-corrected chi connectivity index (χ2v) is 12.2. The highest BCUT2D eigenvalue weighted by molar-refractivity contribution is 5.83. The van der Waals surface area contributed by atoms with E-state index in [0.717, 1.165) is 6.42 Å². The Morgan fingerprint density at radius 1 is 1.00 bits per heavy atom. The number of hydrogen-bond donors (Lipinski definition) is 2. The molecule has 4 bridgehead atoms. The molecule has 8 aliphatic rings. The zero-order valence-electron chi connectivity index (χ0n) is 22.0. The maximum absolute atomic E-state index is 13.2. The van der Waals surface area contributed by atoms with E-state index in [4.69, 9.17) is 28.4 Å². The van der Waals surface area contributed by atoms with Crippen LogP contribution >= 0.6 is 0 Å². The first-order valence-corrected chi connectivity index (χ1v) is 13.7. The van der Waals surface area contributed by atoms with Crippen LogP contribution in [-0.4, -0.2) is 90.0 Å². The van der Waals surface area contributed by atoms with Crippen LogP contribution in [0.3, 0.4) is 0 Å². The zero-order valence-corrected chi connectivity index (χ0v) is 22.0. The number of rotatable bonds is 0. The van der Waals surface area contributed by atoms with E-state index in [0.29, 0.717) is 25.0 Å². The molecule has 6 aliphatic heterocycles. The highest BCUT2D eigenvalue weighted by Gasteiger charge is 2.83. The smallest absolute Gasteiger partial charge is 0.331 e. The number of aliphatic hydroxyl groups excluding tert-OH is 2. The van der Waals surface area contributed by atoms with Crippen molar-refractivity contribution in [2.45, 2.75) is 87.5 Å². The molecule has 2 aliphatic carbocycles. The third-order valence-corrected chi connectivity index (χ3v) is 10.5. The van der Waals surface area contributed by atoms with Crippen LogP contribution in [0.5, 0.6) is 0 Å². The van der Waals surface area contributed by atoms with Crippen molar-refractivity contribution in [1.82, 2.24) is 0 Å². The lowest BCUT2D eigenvalue weighted by Crippen LogP contribution is -2.66. The van der Waals surface area contributed by atoms with Crippen LogP contribution in [0, 0.1) is 10.8 Å². The summed E-state index contributed by atoms with van der Waals surface area (Å²) in [5, 5.41) is 20.9.